The van der Waals surface area contributed by atoms with E-state index in [0.717, 1.165) is 29.0 Å². The number of nitrogens with zero attached hydrogens (tertiary/aromatic N) is 4. The molecule has 6 nitrogen and oxygen atoms in total. The largest absolute Gasteiger partial charge is 0.351 e. The Balaban J connectivity index is 2.67. The van der Waals surface area contributed by atoms with E-state index in [9.17, 15) is 4.79 Å². The quantitative estimate of drug-likeness (QED) is 0.880. The lowest BCUT2D eigenvalue weighted by Gasteiger charge is -2.09. The normalized spacial score (nSPS) is 10.9. The molecule has 0 aliphatic heterocycles. The second kappa shape index (κ2) is 4.72. The smallest absolute Gasteiger partial charge is 0.272 e. The molecule has 0 radical (unpaired) electrons. The van der Waals surface area contributed by atoms with E-state index in [4.69, 9.17) is 0 Å². The van der Waals surface area contributed by atoms with Crippen LogP contribution in [-0.2, 0) is 6.42 Å². The van der Waals surface area contributed by atoms with Gasteiger partial charge in [-0.1, -0.05) is 6.92 Å². The molecule has 2 aromatic heterocycles. The van der Waals surface area contributed by atoms with Crippen LogP contribution in [0.5, 0.6) is 0 Å². The second-order valence-corrected chi connectivity index (χ2v) is 4.16. The van der Waals surface area contributed by atoms with Gasteiger partial charge in [0, 0.05) is 18.5 Å². The Morgan fingerprint density at radius 2 is 1.94 bits per heavy atom. The van der Waals surface area contributed by atoms with Gasteiger partial charge in [-0.25, -0.2) is 0 Å². The minimum atomic E-state index is -0.157. The monoisotopic (exact) mass is 247 g/mol. The summed E-state index contributed by atoms with van der Waals surface area (Å²) in [6.07, 6.45) is 0.728. The Hall–Kier alpha value is -1.98. The number of aryl methyl sites for hydroxylation is 2. The van der Waals surface area contributed by atoms with E-state index in [-0.39, 0.29) is 5.91 Å². The summed E-state index contributed by atoms with van der Waals surface area (Å²) in [5.74, 6) is 0.606. The lowest BCUT2D eigenvalue weighted by molar-refractivity contribution is 0.0948. The topological polar surface area (TPSA) is 72.2 Å². The average Bonchev–Trinajstić information content (AvgIpc) is 2.76. The van der Waals surface area contributed by atoms with Crippen LogP contribution in [0.3, 0.4) is 0 Å². The molecule has 0 saturated heterocycles. The second-order valence-electron chi connectivity index (χ2n) is 4.16. The standard InChI is InChI=1S/C12H17N5O/c1-5-9-14-15-11-8(4)7(3)10(16-17(9)11)12(18)13-6-2/h5-6H2,1-4H3,(H,13,18). The van der Waals surface area contributed by atoms with E-state index in [1.165, 1.54) is 0 Å². The lowest BCUT2D eigenvalue weighted by atomic mass is 10.1. The van der Waals surface area contributed by atoms with E-state index in [0.29, 0.717) is 12.2 Å². The zero-order chi connectivity index (χ0) is 13.3. The van der Waals surface area contributed by atoms with Crippen LogP contribution in [0, 0.1) is 13.8 Å². The van der Waals surface area contributed by atoms with Gasteiger partial charge in [0.25, 0.3) is 5.91 Å². The zero-order valence-electron chi connectivity index (χ0n) is 11.1. The molecule has 6 heteroatoms. The van der Waals surface area contributed by atoms with Crippen molar-refractivity contribution in [3.63, 3.8) is 0 Å². The summed E-state index contributed by atoms with van der Waals surface area (Å²) < 4.78 is 1.66. The number of rotatable bonds is 3. The molecule has 18 heavy (non-hydrogen) atoms. The lowest BCUT2D eigenvalue weighted by Crippen LogP contribution is -2.26. The van der Waals surface area contributed by atoms with Gasteiger partial charge in [-0.05, 0) is 26.3 Å². The van der Waals surface area contributed by atoms with Gasteiger partial charge in [0.05, 0.1) is 0 Å². The molecule has 2 heterocycles. The summed E-state index contributed by atoms with van der Waals surface area (Å²) >= 11 is 0. The van der Waals surface area contributed by atoms with Crippen LogP contribution in [0.25, 0.3) is 5.65 Å². The van der Waals surface area contributed by atoms with E-state index >= 15 is 0 Å². The highest BCUT2D eigenvalue weighted by Crippen LogP contribution is 2.16. The molecule has 0 saturated carbocycles. The molecule has 0 aliphatic carbocycles. The van der Waals surface area contributed by atoms with Crippen LogP contribution in [0.1, 0.15) is 41.3 Å². The zero-order valence-corrected chi connectivity index (χ0v) is 11.1. The number of nitrogens with one attached hydrogen (secondary N) is 1. The molecule has 0 aliphatic rings. The minimum Gasteiger partial charge on any atom is -0.351 e. The molecule has 0 aromatic carbocycles. The highest BCUT2D eigenvalue weighted by Gasteiger charge is 2.17. The first-order chi connectivity index (χ1) is 8.60. The predicted molar refractivity (Wildman–Crippen MR) is 67.6 cm³/mol. The van der Waals surface area contributed by atoms with E-state index in [1.807, 2.05) is 27.7 Å². The van der Waals surface area contributed by atoms with Gasteiger partial charge in [0.15, 0.2) is 17.2 Å². The molecule has 0 unspecified atom stereocenters. The van der Waals surface area contributed by atoms with E-state index in [2.05, 4.69) is 20.6 Å². The first-order valence-corrected chi connectivity index (χ1v) is 6.09. The van der Waals surface area contributed by atoms with Crippen LogP contribution < -0.4 is 5.32 Å². The van der Waals surface area contributed by atoms with Crippen molar-refractivity contribution in [2.24, 2.45) is 0 Å². The number of aromatic nitrogens is 4. The summed E-state index contributed by atoms with van der Waals surface area (Å²) in [7, 11) is 0. The maximum absolute atomic E-state index is 12.0. The van der Waals surface area contributed by atoms with Gasteiger partial charge < -0.3 is 5.32 Å². The fraction of sp³-hybridized carbons (Fsp3) is 0.500. The molecular formula is C12H17N5O. The number of carbonyl (C=O) groups is 1. The summed E-state index contributed by atoms with van der Waals surface area (Å²) in [4.78, 5) is 12.0. The third-order valence-electron chi connectivity index (χ3n) is 3.03. The van der Waals surface area contributed by atoms with E-state index in [1.54, 1.807) is 4.52 Å². The van der Waals surface area contributed by atoms with Crippen molar-refractivity contribution in [3.05, 3.63) is 22.6 Å². The Morgan fingerprint density at radius 1 is 1.22 bits per heavy atom. The molecule has 2 rings (SSSR count). The van der Waals surface area contributed by atoms with Crippen LogP contribution in [0.4, 0.5) is 0 Å². The number of hydrogen-bond acceptors (Lipinski definition) is 4. The predicted octanol–water partition coefficient (Wildman–Crippen LogP) is 1.05. The Labute approximate surface area is 105 Å². The highest BCUT2D eigenvalue weighted by atomic mass is 16.1. The van der Waals surface area contributed by atoms with Crippen molar-refractivity contribution in [1.29, 1.82) is 0 Å². The molecule has 0 fully saturated rings. The summed E-state index contributed by atoms with van der Waals surface area (Å²) in [6.45, 7) is 8.27. The van der Waals surface area contributed by atoms with Gasteiger partial charge >= 0.3 is 0 Å². The third-order valence-corrected chi connectivity index (χ3v) is 3.03. The Bertz CT molecular complexity index is 602. The first-order valence-electron chi connectivity index (χ1n) is 6.09. The van der Waals surface area contributed by atoms with Crippen LogP contribution in [-0.4, -0.2) is 32.3 Å². The maximum atomic E-state index is 12.0. The van der Waals surface area contributed by atoms with Crippen molar-refractivity contribution < 1.29 is 4.79 Å². The van der Waals surface area contributed by atoms with Crippen molar-refractivity contribution in [2.45, 2.75) is 34.1 Å². The number of carbonyl (C=O) groups excluding carboxylic acids is 1. The highest BCUT2D eigenvalue weighted by molar-refractivity contribution is 5.94. The fourth-order valence-electron chi connectivity index (χ4n) is 1.85. The average molecular weight is 247 g/mol. The van der Waals surface area contributed by atoms with Crippen LogP contribution in [0.2, 0.25) is 0 Å². The van der Waals surface area contributed by atoms with E-state index < -0.39 is 0 Å². The van der Waals surface area contributed by atoms with Crippen LogP contribution >= 0.6 is 0 Å². The van der Waals surface area contributed by atoms with Crippen LogP contribution in [0.15, 0.2) is 0 Å². The molecular weight excluding hydrogens is 230 g/mol. The molecule has 0 bridgehead atoms. The molecule has 0 spiro atoms. The molecule has 96 valence electrons. The maximum Gasteiger partial charge on any atom is 0.272 e. The minimum absolute atomic E-state index is 0.157. The van der Waals surface area contributed by atoms with Gasteiger partial charge in [-0.15, -0.1) is 10.2 Å². The molecule has 2 aromatic rings. The SMILES string of the molecule is CCNC(=O)c1nn2c(CC)nnc2c(C)c1C. The first kappa shape index (κ1) is 12.5. The number of amides is 1. The van der Waals surface area contributed by atoms with Crippen molar-refractivity contribution >= 4 is 11.6 Å². The number of hydrogen-bond donors (Lipinski definition) is 1. The van der Waals surface area contributed by atoms with Gasteiger partial charge in [0.2, 0.25) is 0 Å². The molecule has 1 N–H and O–H groups in total. The summed E-state index contributed by atoms with van der Waals surface area (Å²) in [5, 5.41) is 15.3. The summed E-state index contributed by atoms with van der Waals surface area (Å²) in [6, 6.07) is 0. The summed E-state index contributed by atoms with van der Waals surface area (Å²) in [5.41, 5.74) is 2.95. The molecule has 0 atom stereocenters. The Morgan fingerprint density at radius 3 is 2.56 bits per heavy atom. The van der Waals surface area contributed by atoms with Crippen molar-refractivity contribution in [1.82, 2.24) is 25.1 Å². The van der Waals surface area contributed by atoms with Gasteiger partial charge in [0.1, 0.15) is 0 Å². The Kier molecular flexibility index (Phi) is 3.27. The number of fused-ring (bicyclic) bond motifs is 1. The molecule has 1 amide bonds. The van der Waals surface area contributed by atoms with Crippen molar-refractivity contribution in [3.8, 4) is 0 Å². The van der Waals surface area contributed by atoms with Crippen molar-refractivity contribution in [2.75, 3.05) is 6.54 Å². The fourth-order valence-corrected chi connectivity index (χ4v) is 1.85. The van der Waals surface area contributed by atoms with Gasteiger partial charge in [-0.3, -0.25) is 4.79 Å². The third kappa shape index (κ3) is 1.83. The van der Waals surface area contributed by atoms with Gasteiger partial charge in [-0.2, -0.15) is 9.61 Å².